The van der Waals surface area contributed by atoms with Gasteiger partial charge in [0.15, 0.2) is 20.4 Å². The van der Waals surface area contributed by atoms with Crippen LogP contribution >= 0.6 is 0 Å². The second-order valence-electron chi connectivity index (χ2n) is 35.8. The van der Waals surface area contributed by atoms with Gasteiger partial charge >= 0.3 is 35.8 Å². The Morgan fingerprint density at radius 3 is 1.07 bits per heavy atom. The van der Waals surface area contributed by atoms with Crippen LogP contribution in [0.1, 0.15) is 181 Å². The molecule has 20 aliphatic carbocycles. The van der Waals surface area contributed by atoms with Gasteiger partial charge in [0.25, 0.3) is 0 Å². The zero-order valence-corrected chi connectivity index (χ0v) is 56.5. The first-order valence-electron chi connectivity index (χ1n) is 38.3. The first-order valence-corrected chi connectivity index (χ1v) is 38.3. The fourth-order valence-corrected chi connectivity index (χ4v) is 28.7. The number of hydrogen-bond donors (Lipinski definition) is 0. The molecule has 20 bridgehead atoms. The van der Waals surface area contributed by atoms with Crippen LogP contribution in [0, 0.1) is 178 Å². The van der Waals surface area contributed by atoms with Crippen molar-refractivity contribution in [3.8, 4) is 0 Å². The normalized spacial score (nSPS) is 50.0. The predicted octanol–water partition coefficient (Wildman–Crippen LogP) is 13.2. The van der Waals surface area contributed by atoms with Crippen molar-refractivity contribution in [1.82, 2.24) is 0 Å². The molecule has 0 aromatic heterocycles. The molecule has 30 unspecified atom stereocenters. The van der Waals surface area contributed by atoms with Gasteiger partial charge < -0.3 is 42.6 Å². The van der Waals surface area contributed by atoms with E-state index in [0.29, 0.717) is 141 Å². The highest BCUT2D eigenvalue weighted by Crippen LogP contribution is 2.72. The zero-order valence-electron chi connectivity index (χ0n) is 56.5. The van der Waals surface area contributed by atoms with E-state index in [-0.39, 0.29) is 92.3 Å². The summed E-state index contributed by atoms with van der Waals surface area (Å²) < 4.78 is 52.4. The average Bonchev–Trinajstić information content (AvgIpc) is 1.55. The van der Waals surface area contributed by atoms with Gasteiger partial charge in [-0.15, -0.1) is 0 Å². The molecule has 0 N–H and O–H groups in total. The molecule has 0 heterocycles. The molecule has 20 saturated carbocycles. The van der Waals surface area contributed by atoms with Gasteiger partial charge in [0.05, 0.1) is 36.6 Å². The summed E-state index contributed by atoms with van der Waals surface area (Å²) in [5.74, 6) is 16.4. The molecule has 30 atom stereocenters. The summed E-state index contributed by atoms with van der Waals surface area (Å²) in [4.78, 5) is 75.2. The summed E-state index contributed by atoms with van der Waals surface area (Å²) in [7, 11) is 0. The van der Waals surface area contributed by atoms with E-state index in [0.717, 1.165) is 137 Å². The highest BCUT2D eigenvalue weighted by atomic mass is 16.7. The van der Waals surface area contributed by atoms with Crippen molar-refractivity contribution >= 4 is 35.8 Å². The molecule has 15 heteroatoms. The summed E-state index contributed by atoms with van der Waals surface area (Å²) in [5, 5.41) is 0. The first-order chi connectivity index (χ1) is 45.4. The maximum absolute atomic E-state index is 13.1. The molecule has 20 fully saturated rings. The fourth-order valence-electron chi connectivity index (χ4n) is 28.7. The molecule has 94 heavy (non-hydrogen) atoms. The van der Waals surface area contributed by atoms with Crippen molar-refractivity contribution in [3.63, 3.8) is 0 Å². The largest absolute Gasteiger partial charge is 0.459 e. The topological polar surface area (TPSA) is 185 Å². The molecule has 20 rings (SSSR count). The van der Waals surface area contributed by atoms with Crippen molar-refractivity contribution < 1.29 is 71.4 Å². The summed E-state index contributed by atoms with van der Waals surface area (Å²) in [6.45, 7) is 17.4. The quantitative estimate of drug-likeness (QED) is 0.0297. The molecule has 0 saturated heterocycles. The molecule has 514 valence electrons. The van der Waals surface area contributed by atoms with Gasteiger partial charge in [0.2, 0.25) is 0 Å². The van der Waals surface area contributed by atoms with Crippen LogP contribution in [0.4, 0.5) is 0 Å². The summed E-state index contributed by atoms with van der Waals surface area (Å²) in [6.07, 6.45) is 30.8. The summed E-state index contributed by atoms with van der Waals surface area (Å²) in [5.41, 5.74) is 1.42. The van der Waals surface area contributed by atoms with Gasteiger partial charge in [0, 0.05) is 16.7 Å². The minimum atomic E-state index is -0.263. The van der Waals surface area contributed by atoms with E-state index >= 15 is 0 Å². The maximum Gasteiger partial charge on any atom is 0.333 e. The SMILES string of the molecule is C=C(C)C(=O)OC1CC2CC1C1C3CC(CC3C(=O)OCOC3C4CC5CC(C4)CC3C5)C21.C=C(C)C(=O)OC1CC2CC1C1C3CC(CC3C(=O)OCOC3CC4CCC3C4)C21.C=C(C)C(=O)OC1CC2CC1C1C3CC(CC3C(=O)OCOCC3CC4CCC3C4)C21. The van der Waals surface area contributed by atoms with Gasteiger partial charge in [-0.25, -0.2) is 14.4 Å². The Morgan fingerprint density at radius 2 is 0.691 bits per heavy atom. The molecular weight excluding hydrogens is 1190 g/mol. The van der Waals surface area contributed by atoms with Crippen molar-refractivity contribution in [2.24, 2.45) is 178 Å². The van der Waals surface area contributed by atoms with Gasteiger partial charge in [-0.3, -0.25) is 14.4 Å². The number of hydrogen-bond acceptors (Lipinski definition) is 15. The molecule has 20 aliphatic rings. The Labute approximate surface area is 557 Å². The third kappa shape index (κ3) is 11.1. The second kappa shape index (κ2) is 25.0. The lowest BCUT2D eigenvalue weighted by Gasteiger charge is -2.53. The number of esters is 6. The van der Waals surface area contributed by atoms with E-state index in [1.165, 1.54) is 77.0 Å². The maximum atomic E-state index is 13.1. The van der Waals surface area contributed by atoms with Crippen LogP contribution in [0.3, 0.4) is 0 Å². The van der Waals surface area contributed by atoms with Crippen molar-refractivity contribution in [1.29, 1.82) is 0 Å². The average molecular weight is 1300 g/mol. The monoisotopic (exact) mass is 1300 g/mol. The minimum Gasteiger partial charge on any atom is -0.459 e. The number of ether oxygens (including phenoxy) is 9. The highest BCUT2D eigenvalue weighted by Gasteiger charge is 2.70. The van der Waals surface area contributed by atoms with E-state index in [4.69, 9.17) is 42.6 Å². The number of carbonyl (C=O) groups is 6. The Bertz CT molecular complexity index is 3000. The van der Waals surface area contributed by atoms with E-state index in [9.17, 15) is 28.8 Å². The smallest absolute Gasteiger partial charge is 0.333 e. The van der Waals surface area contributed by atoms with Gasteiger partial charge in [-0.1, -0.05) is 26.2 Å². The van der Waals surface area contributed by atoms with Crippen molar-refractivity contribution in [3.05, 3.63) is 36.5 Å². The van der Waals surface area contributed by atoms with E-state index in [2.05, 4.69) is 19.7 Å². The third-order valence-corrected chi connectivity index (χ3v) is 31.3. The molecule has 0 amide bonds. The second-order valence-corrected chi connectivity index (χ2v) is 35.8. The first kappa shape index (κ1) is 63.4. The lowest BCUT2D eigenvalue weighted by Crippen LogP contribution is -2.49. The van der Waals surface area contributed by atoms with Gasteiger partial charge in [-0.2, -0.15) is 0 Å². The van der Waals surface area contributed by atoms with Gasteiger partial charge in [-0.05, 0) is 335 Å². The van der Waals surface area contributed by atoms with Crippen LogP contribution in [0.25, 0.3) is 0 Å². The summed E-state index contributed by atoms with van der Waals surface area (Å²) in [6, 6.07) is 0. The van der Waals surface area contributed by atoms with E-state index in [1.54, 1.807) is 20.8 Å². The van der Waals surface area contributed by atoms with Gasteiger partial charge in [0.1, 0.15) is 18.3 Å². The number of carbonyl (C=O) groups excluding carboxylic acids is 6. The zero-order chi connectivity index (χ0) is 64.3. The third-order valence-electron chi connectivity index (χ3n) is 31.3. The van der Waals surface area contributed by atoms with Crippen LogP contribution < -0.4 is 0 Å². The summed E-state index contributed by atoms with van der Waals surface area (Å²) >= 11 is 0. The predicted molar refractivity (Wildman–Crippen MR) is 343 cm³/mol. The molecule has 15 nitrogen and oxygen atoms in total. The molecular formula is C79H108O15. The lowest BCUT2D eigenvalue weighted by molar-refractivity contribution is -0.192. The Morgan fingerprint density at radius 1 is 0.319 bits per heavy atom. The number of rotatable bonds is 19. The molecule has 0 aromatic carbocycles. The highest BCUT2D eigenvalue weighted by molar-refractivity contribution is 5.88. The lowest BCUT2D eigenvalue weighted by atomic mass is 9.55. The Kier molecular flexibility index (Phi) is 16.8. The Hall–Kier alpha value is -4.08. The van der Waals surface area contributed by atoms with Crippen LogP contribution in [0.2, 0.25) is 0 Å². The van der Waals surface area contributed by atoms with E-state index < -0.39 is 0 Å². The van der Waals surface area contributed by atoms with Crippen molar-refractivity contribution in [2.45, 2.75) is 212 Å². The molecule has 0 spiro atoms. The van der Waals surface area contributed by atoms with Crippen LogP contribution in [-0.2, 0) is 71.4 Å². The molecule has 0 aromatic rings. The standard InChI is InChI=1S/C28H38O5.C26H36O5.C25H34O5/c1-13(2)27(29)33-23-11-17-10-22(23)25-20-8-16(24(17)25)9-21(20)28(30)32-12-31-26-18-4-14-3-15(6-18)7-19(26)5-14;1-13(2)25(27)31-22-10-17-9-21(22)24-19-7-16(23(17)24)8-20(19)26(28)30-12-29-11-18-6-14-3-4-15(18)5-14;1-12(2)24(26)30-21-10-16-9-19(21)23-17-7-15(22(16)23)8-18(17)25(27)29-11-28-20-6-13-3-4-14(20)5-13/h14-26H,1,3-12H2,2H3;14-24H,1,3-12H2,2H3;13-23H,1,3-11H2,2H3. The number of fused-ring (bicyclic) bond motifs is 31. The molecule has 0 radical (unpaired) electrons. The van der Waals surface area contributed by atoms with Crippen LogP contribution in [-0.4, -0.2) is 93.3 Å². The van der Waals surface area contributed by atoms with Crippen molar-refractivity contribution in [2.75, 3.05) is 27.0 Å². The minimum absolute atomic E-state index is 0.00850. The van der Waals surface area contributed by atoms with Crippen LogP contribution in [0.5, 0.6) is 0 Å². The van der Waals surface area contributed by atoms with Crippen LogP contribution in [0.15, 0.2) is 36.5 Å². The fraction of sp³-hybridized carbons (Fsp3) is 0.848. The van der Waals surface area contributed by atoms with E-state index in [1.807, 2.05) is 0 Å². The molecule has 0 aliphatic heterocycles. The Balaban J connectivity index is 0.000000107.